The first kappa shape index (κ1) is 13.1. The summed E-state index contributed by atoms with van der Waals surface area (Å²) in [6.45, 7) is -0.568. The van der Waals surface area contributed by atoms with Gasteiger partial charge in [0.25, 0.3) is 0 Å². The van der Waals surface area contributed by atoms with Gasteiger partial charge in [-0.15, -0.1) is 0 Å². The Bertz CT molecular complexity index is 611. The largest absolute Gasteiger partial charge is 0.482 e. The fraction of sp³-hybridized carbons (Fsp3) is 0.0714. The molecule has 0 fully saturated rings. The summed E-state index contributed by atoms with van der Waals surface area (Å²) in [5, 5.41) is 0. The molecule has 2 aromatic rings. The van der Waals surface area contributed by atoms with Crippen LogP contribution in [0.1, 0.15) is 10.4 Å². The number of hydrogen-bond donors (Lipinski definition) is 0. The molecule has 2 rings (SSSR count). The average Bonchev–Trinajstić information content (AvgIpc) is 2.40. The third kappa shape index (κ3) is 3.13. The van der Waals surface area contributed by atoms with E-state index in [4.69, 9.17) is 4.74 Å². The van der Waals surface area contributed by atoms with Crippen LogP contribution < -0.4 is 4.74 Å². The summed E-state index contributed by atoms with van der Waals surface area (Å²) >= 11 is 0. The number of carbonyl (C=O) groups is 1. The molecule has 0 atom stereocenters. The van der Waals surface area contributed by atoms with Gasteiger partial charge < -0.3 is 4.74 Å². The lowest BCUT2D eigenvalue weighted by Crippen LogP contribution is -2.13. The second-order valence-electron chi connectivity index (χ2n) is 3.77. The van der Waals surface area contributed by atoms with Gasteiger partial charge in [-0.25, -0.2) is 13.2 Å². The molecule has 0 aliphatic rings. The molecule has 0 saturated carbocycles. The molecular weight excluding hydrogens is 257 g/mol. The first-order valence-corrected chi connectivity index (χ1v) is 5.43. The quantitative estimate of drug-likeness (QED) is 0.793. The van der Waals surface area contributed by atoms with Gasteiger partial charge in [0.2, 0.25) is 5.78 Å². The topological polar surface area (TPSA) is 26.3 Å². The normalized spacial score (nSPS) is 10.3. The highest BCUT2D eigenvalue weighted by molar-refractivity contribution is 5.97. The summed E-state index contributed by atoms with van der Waals surface area (Å²) in [6, 6.07) is 8.01. The molecule has 98 valence electrons. The van der Waals surface area contributed by atoms with Crippen LogP contribution in [0.25, 0.3) is 0 Å². The van der Waals surface area contributed by atoms with Crippen molar-refractivity contribution in [2.24, 2.45) is 0 Å². The van der Waals surface area contributed by atoms with Crippen molar-refractivity contribution in [3.8, 4) is 5.75 Å². The SMILES string of the molecule is O=C(COc1cc(F)ccc1F)c1ccccc1F. The van der Waals surface area contributed by atoms with Gasteiger partial charge >= 0.3 is 0 Å². The molecule has 0 N–H and O–H groups in total. The minimum absolute atomic E-state index is 0.153. The zero-order valence-corrected chi connectivity index (χ0v) is 9.70. The minimum Gasteiger partial charge on any atom is -0.482 e. The molecule has 19 heavy (non-hydrogen) atoms. The molecule has 2 nitrogen and oxygen atoms in total. The molecule has 0 aliphatic carbocycles. The van der Waals surface area contributed by atoms with Gasteiger partial charge in [0, 0.05) is 6.07 Å². The van der Waals surface area contributed by atoms with E-state index in [0.717, 1.165) is 24.3 Å². The number of rotatable bonds is 4. The highest BCUT2D eigenvalue weighted by Gasteiger charge is 2.13. The second-order valence-corrected chi connectivity index (χ2v) is 3.77. The highest BCUT2D eigenvalue weighted by atomic mass is 19.1. The molecule has 0 heterocycles. The molecule has 0 aliphatic heterocycles. The van der Waals surface area contributed by atoms with Crippen molar-refractivity contribution in [3.05, 3.63) is 65.5 Å². The Morgan fingerprint density at radius 2 is 1.74 bits per heavy atom. The van der Waals surface area contributed by atoms with Gasteiger partial charge in [0.05, 0.1) is 5.56 Å². The number of benzene rings is 2. The number of ether oxygens (including phenoxy) is 1. The van der Waals surface area contributed by atoms with Crippen molar-refractivity contribution in [3.63, 3.8) is 0 Å². The summed E-state index contributed by atoms with van der Waals surface area (Å²) in [4.78, 5) is 11.7. The Morgan fingerprint density at radius 1 is 1.00 bits per heavy atom. The van der Waals surface area contributed by atoms with E-state index in [0.29, 0.717) is 0 Å². The summed E-state index contributed by atoms with van der Waals surface area (Å²) in [6.07, 6.45) is 0. The lowest BCUT2D eigenvalue weighted by molar-refractivity contribution is 0.0914. The monoisotopic (exact) mass is 266 g/mol. The Balaban J connectivity index is 2.09. The lowest BCUT2D eigenvalue weighted by Gasteiger charge is -2.07. The van der Waals surface area contributed by atoms with Gasteiger partial charge in [0.15, 0.2) is 18.2 Å². The van der Waals surface area contributed by atoms with E-state index in [1.165, 1.54) is 18.2 Å². The van der Waals surface area contributed by atoms with E-state index in [1.807, 2.05) is 0 Å². The molecular formula is C14H9F3O2. The van der Waals surface area contributed by atoms with Crippen LogP contribution >= 0.6 is 0 Å². The van der Waals surface area contributed by atoms with Crippen molar-refractivity contribution >= 4 is 5.78 Å². The van der Waals surface area contributed by atoms with E-state index >= 15 is 0 Å². The standard InChI is InChI=1S/C14H9F3O2/c15-9-5-6-12(17)14(7-9)19-8-13(18)10-3-1-2-4-11(10)16/h1-7H,8H2. The molecule has 2 aromatic carbocycles. The fourth-order valence-electron chi connectivity index (χ4n) is 1.50. The van der Waals surface area contributed by atoms with Gasteiger partial charge in [-0.05, 0) is 24.3 Å². The number of halogens is 3. The van der Waals surface area contributed by atoms with Crippen LogP contribution in [-0.2, 0) is 0 Å². The van der Waals surface area contributed by atoms with E-state index in [9.17, 15) is 18.0 Å². The second kappa shape index (κ2) is 5.56. The predicted molar refractivity (Wildman–Crippen MR) is 62.6 cm³/mol. The predicted octanol–water partition coefficient (Wildman–Crippen LogP) is 3.37. The first-order valence-electron chi connectivity index (χ1n) is 5.43. The number of ketones is 1. The van der Waals surface area contributed by atoms with E-state index in [1.54, 1.807) is 0 Å². The van der Waals surface area contributed by atoms with Crippen molar-refractivity contribution in [2.45, 2.75) is 0 Å². The zero-order chi connectivity index (χ0) is 13.8. The maximum Gasteiger partial charge on any atom is 0.203 e. The van der Waals surface area contributed by atoms with E-state index < -0.39 is 29.8 Å². The lowest BCUT2D eigenvalue weighted by atomic mass is 10.1. The number of hydrogen-bond acceptors (Lipinski definition) is 2. The van der Waals surface area contributed by atoms with Crippen molar-refractivity contribution in [1.29, 1.82) is 0 Å². The van der Waals surface area contributed by atoms with Crippen LogP contribution in [0.3, 0.4) is 0 Å². The van der Waals surface area contributed by atoms with Crippen LogP contribution in [-0.4, -0.2) is 12.4 Å². The Kier molecular flexibility index (Phi) is 3.85. The van der Waals surface area contributed by atoms with E-state index in [-0.39, 0.29) is 11.3 Å². The van der Waals surface area contributed by atoms with Crippen molar-refractivity contribution in [2.75, 3.05) is 6.61 Å². The highest BCUT2D eigenvalue weighted by Crippen LogP contribution is 2.18. The Morgan fingerprint density at radius 3 is 2.47 bits per heavy atom. The van der Waals surface area contributed by atoms with Gasteiger partial charge in [0.1, 0.15) is 11.6 Å². The third-order valence-electron chi connectivity index (χ3n) is 2.43. The molecule has 0 unspecified atom stereocenters. The molecule has 0 radical (unpaired) electrons. The van der Waals surface area contributed by atoms with Crippen LogP contribution in [0.4, 0.5) is 13.2 Å². The summed E-state index contributed by atoms with van der Waals surface area (Å²) in [5.74, 6) is -3.19. The van der Waals surface area contributed by atoms with Gasteiger partial charge in [-0.2, -0.15) is 0 Å². The zero-order valence-electron chi connectivity index (χ0n) is 9.70. The average molecular weight is 266 g/mol. The minimum atomic E-state index is -0.789. The maximum absolute atomic E-state index is 13.3. The van der Waals surface area contributed by atoms with Crippen molar-refractivity contribution in [1.82, 2.24) is 0 Å². The molecule has 0 spiro atoms. The summed E-state index contributed by atoms with van der Waals surface area (Å²) in [7, 11) is 0. The Hall–Kier alpha value is -2.30. The Labute approximate surface area is 107 Å². The van der Waals surface area contributed by atoms with Crippen LogP contribution in [0.5, 0.6) is 5.75 Å². The number of Topliss-reactive ketones (excluding diaryl/α,β-unsaturated/α-hetero) is 1. The molecule has 0 aromatic heterocycles. The smallest absolute Gasteiger partial charge is 0.203 e. The molecule has 0 bridgehead atoms. The number of carbonyl (C=O) groups excluding carboxylic acids is 1. The van der Waals surface area contributed by atoms with Crippen LogP contribution in [0.2, 0.25) is 0 Å². The van der Waals surface area contributed by atoms with Crippen LogP contribution in [0.15, 0.2) is 42.5 Å². The third-order valence-corrected chi connectivity index (χ3v) is 2.43. The van der Waals surface area contributed by atoms with Gasteiger partial charge in [-0.1, -0.05) is 12.1 Å². The molecule has 5 heteroatoms. The van der Waals surface area contributed by atoms with Crippen LogP contribution in [0, 0.1) is 17.5 Å². The van der Waals surface area contributed by atoms with Crippen molar-refractivity contribution < 1.29 is 22.7 Å². The summed E-state index contributed by atoms with van der Waals surface area (Å²) < 4.78 is 44.2. The molecule has 0 amide bonds. The first-order chi connectivity index (χ1) is 9.08. The molecule has 0 saturated heterocycles. The summed E-state index contributed by atoms with van der Waals surface area (Å²) in [5.41, 5.74) is -0.153. The van der Waals surface area contributed by atoms with E-state index in [2.05, 4.69) is 0 Å². The maximum atomic E-state index is 13.3. The fourth-order valence-corrected chi connectivity index (χ4v) is 1.50. The van der Waals surface area contributed by atoms with Gasteiger partial charge in [-0.3, -0.25) is 4.79 Å².